The van der Waals surface area contributed by atoms with Crippen molar-refractivity contribution < 1.29 is 27.1 Å². The number of carbonyl (C=O) groups excluding carboxylic acids is 2. The van der Waals surface area contributed by atoms with E-state index >= 15 is 4.39 Å². The highest BCUT2D eigenvalue weighted by Gasteiger charge is 2.65. The Hall–Kier alpha value is -2.80. The maximum absolute atomic E-state index is 15.4. The normalized spacial score (nSPS) is 25.3. The van der Waals surface area contributed by atoms with Gasteiger partial charge in [0.2, 0.25) is 15.9 Å². The molecule has 2 heterocycles. The number of amides is 2. The number of methoxy groups -OCH3 is 1. The summed E-state index contributed by atoms with van der Waals surface area (Å²) in [6.45, 7) is 6.82. The van der Waals surface area contributed by atoms with E-state index < -0.39 is 45.3 Å². The van der Waals surface area contributed by atoms with Gasteiger partial charge in [-0.15, -0.1) is 0 Å². The number of rotatable bonds is 10. The van der Waals surface area contributed by atoms with Crippen molar-refractivity contribution in [1.29, 1.82) is 0 Å². The van der Waals surface area contributed by atoms with Crippen molar-refractivity contribution in [3.63, 3.8) is 0 Å². The second-order valence-electron chi connectivity index (χ2n) is 12.3. The van der Waals surface area contributed by atoms with E-state index in [-0.39, 0.29) is 40.8 Å². The number of ether oxygens (including phenoxy) is 1. The average molecular weight is 636 g/mol. The fourth-order valence-corrected chi connectivity index (χ4v) is 9.18. The zero-order valence-electron chi connectivity index (χ0n) is 24.8. The third kappa shape index (κ3) is 6.38. The molecule has 234 valence electrons. The molecule has 2 aliphatic carbocycles. The summed E-state index contributed by atoms with van der Waals surface area (Å²) < 4.78 is 48.8. The number of pyridine rings is 1. The SMILES string of the molecule is COC(=O)N[C@H](C(=O)Nc1cncc(F)c1C[C@@H]1C[C@]12CNC[C@H](C)N2S(=O)(=O)C1CC1)[C@@H](c1ccc(Cl)cc1)C(C)C. The molecule has 13 heteroatoms. The first kappa shape index (κ1) is 31.6. The van der Waals surface area contributed by atoms with Crippen molar-refractivity contribution in [3.05, 3.63) is 58.6 Å². The molecule has 3 fully saturated rings. The first-order chi connectivity index (χ1) is 20.4. The van der Waals surface area contributed by atoms with E-state index in [0.717, 1.165) is 11.8 Å². The number of halogens is 2. The van der Waals surface area contributed by atoms with Gasteiger partial charge in [-0.3, -0.25) is 9.78 Å². The molecule has 2 aromatic rings. The lowest BCUT2D eigenvalue weighted by atomic mass is 9.82. The Kier molecular flexibility index (Phi) is 9.04. The van der Waals surface area contributed by atoms with Crippen LogP contribution in [0.5, 0.6) is 0 Å². The van der Waals surface area contributed by atoms with Crippen LogP contribution in [0.4, 0.5) is 14.9 Å². The number of nitrogens with zero attached hydrogens (tertiary/aromatic N) is 2. The van der Waals surface area contributed by atoms with E-state index in [2.05, 4.69) is 20.9 Å². The molecule has 10 nitrogen and oxygen atoms in total. The molecule has 1 aliphatic heterocycles. The minimum atomic E-state index is -3.46. The second kappa shape index (κ2) is 12.3. The molecule has 3 N–H and O–H groups in total. The van der Waals surface area contributed by atoms with Crippen molar-refractivity contribution in [2.75, 3.05) is 25.5 Å². The first-order valence-corrected chi connectivity index (χ1v) is 16.5. The summed E-state index contributed by atoms with van der Waals surface area (Å²) in [5.41, 5.74) is 0.569. The Balaban J connectivity index is 1.41. The van der Waals surface area contributed by atoms with Crippen LogP contribution in [0.3, 0.4) is 0 Å². The monoisotopic (exact) mass is 635 g/mol. The number of anilines is 1. The maximum atomic E-state index is 15.4. The van der Waals surface area contributed by atoms with Crippen LogP contribution in [0.25, 0.3) is 0 Å². The van der Waals surface area contributed by atoms with Gasteiger partial charge < -0.3 is 20.7 Å². The summed E-state index contributed by atoms with van der Waals surface area (Å²) in [6, 6.07) is 5.75. The van der Waals surface area contributed by atoms with Gasteiger partial charge in [0.15, 0.2) is 0 Å². The van der Waals surface area contributed by atoms with Gasteiger partial charge in [-0.1, -0.05) is 37.6 Å². The molecular weight excluding hydrogens is 597 g/mol. The highest BCUT2D eigenvalue weighted by Crippen LogP contribution is 2.55. The van der Waals surface area contributed by atoms with Gasteiger partial charge in [-0.25, -0.2) is 17.6 Å². The zero-order chi connectivity index (χ0) is 31.1. The number of nitrogens with one attached hydrogen (secondary N) is 3. The van der Waals surface area contributed by atoms with Crippen molar-refractivity contribution in [2.24, 2.45) is 11.8 Å². The third-order valence-electron chi connectivity index (χ3n) is 8.92. The molecule has 1 spiro atoms. The standard InChI is InChI=1S/C30H39ClFN5O5S/c1-17(2)26(19-5-7-21(31)8-6-19)27(36-29(39)42-4)28(38)35-25-15-33-14-24(32)23(25)11-20-12-30(20)16-34-13-18(3)37(30)43(40,41)22-9-10-22/h5-8,14-15,17-18,20,22,26-27,34H,9-13,16H2,1-4H3,(H,35,38)(H,36,39)/t18-,20+,26+,27-,30-/m0/s1. The number of alkyl carbamates (subject to hydrolysis) is 1. The van der Waals surface area contributed by atoms with Crippen LogP contribution in [0.15, 0.2) is 36.7 Å². The molecule has 43 heavy (non-hydrogen) atoms. The predicted octanol–water partition coefficient (Wildman–Crippen LogP) is 4.06. The number of piperazine rings is 1. The van der Waals surface area contributed by atoms with Crippen LogP contribution in [0.1, 0.15) is 57.1 Å². The Morgan fingerprint density at radius 3 is 2.56 bits per heavy atom. The number of hydrogen-bond acceptors (Lipinski definition) is 7. The average Bonchev–Trinajstić information content (AvgIpc) is 3.88. The largest absolute Gasteiger partial charge is 0.453 e. The third-order valence-corrected chi connectivity index (χ3v) is 11.8. The molecule has 0 radical (unpaired) electrons. The fraction of sp³-hybridized carbons (Fsp3) is 0.567. The van der Waals surface area contributed by atoms with E-state index in [1.165, 1.54) is 13.3 Å². The Labute approximate surface area is 257 Å². The van der Waals surface area contributed by atoms with E-state index in [4.69, 9.17) is 16.3 Å². The molecule has 2 saturated carbocycles. The number of sulfonamides is 1. The topological polar surface area (TPSA) is 130 Å². The van der Waals surface area contributed by atoms with Gasteiger partial charge in [0.25, 0.3) is 0 Å². The van der Waals surface area contributed by atoms with E-state index in [1.54, 1.807) is 28.6 Å². The van der Waals surface area contributed by atoms with Crippen molar-refractivity contribution in [1.82, 2.24) is 19.9 Å². The Morgan fingerprint density at radius 2 is 1.93 bits per heavy atom. The first-order valence-electron chi connectivity index (χ1n) is 14.7. The molecule has 3 aliphatic rings. The van der Waals surface area contributed by atoms with Crippen LogP contribution in [-0.2, 0) is 26.0 Å². The molecule has 5 rings (SSSR count). The van der Waals surface area contributed by atoms with E-state index in [1.807, 2.05) is 20.8 Å². The molecule has 1 saturated heterocycles. The van der Waals surface area contributed by atoms with Crippen molar-refractivity contribution in [2.45, 2.75) is 75.2 Å². The van der Waals surface area contributed by atoms with E-state index in [0.29, 0.717) is 37.4 Å². The molecule has 0 unspecified atom stereocenters. The lowest BCUT2D eigenvalue weighted by Gasteiger charge is -2.41. The van der Waals surface area contributed by atoms with Crippen molar-refractivity contribution in [3.8, 4) is 0 Å². The number of benzene rings is 1. The summed E-state index contributed by atoms with van der Waals surface area (Å²) in [5, 5.41) is 9.03. The molecule has 1 aromatic carbocycles. The summed E-state index contributed by atoms with van der Waals surface area (Å²) in [4.78, 5) is 30.2. The summed E-state index contributed by atoms with van der Waals surface area (Å²) in [6.07, 6.45) is 3.83. The quantitative estimate of drug-likeness (QED) is 0.359. The van der Waals surface area contributed by atoms with Crippen LogP contribution in [-0.4, -0.2) is 72.8 Å². The zero-order valence-corrected chi connectivity index (χ0v) is 26.3. The summed E-state index contributed by atoms with van der Waals surface area (Å²) in [7, 11) is -2.25. The minimum absolute atomic E-state index is 0.0919. The van der Waals surface area contributed by atoms with Gasteiger partial charge in [0.1, 0.15) is 11.9 Å². The smallest absolute Gasteiger partial charge is 0.407 e. The number of hydrogen-bond donors (Lipinski definition) is 3. The van der Waals surface area contributed by atoms with Crippen LogP contribution < -0.4 is 16.0 Å². The second-order valence-corrected chi connectivity index (χ2v) is 14.8. The van der Waals surface area contributed by atoms with Crippen LogP contribution >= 0.6 is 11.6 Å². The van der Waals surface area contributed by atoms with Gasteiger partial charge in [0, 0.05) is 35.6 Å². The van der Waals surface area contributed by atoms with Gasteiger partial charge in [0.05, 0.1) is 36.0 Å². The molecule has 0 bridgehead atoms. The highest BCUT2D eigenvalue weighted by molar-refractivity contribution is 7.90. The molecular formula is C30H39ClFN5O5S. The Morgan fingerprint density at radius 1 is 1.23 bits per heavy atom. The maximum Gasteiger partial charge on any atom is 0.407 e. The molecule has 1 aromatic heterocycles. The van der Waals surface area contributed by atoms with Gasteiger partial charge in [-0.2, -0.15) is 4.31 Å². The Bertz CT molecular complexity index is 1470. The van der Waals surface area contributed by atoms with E-state index in [9.17, 15) is 18.0 Å². The van der Waals surface area contributed by atoms with Crippen molar-refractivity contribution >= 4 is 39.3 Å². The lowest BCUT2D eigenvalue weighted by Crippen LogP contribution is -2.61. The van der Waals surface area contributed by atoms with Gasteiger partial charge in [-0.05, 0) is 62.1 Å². The number of aromatic nitrogens is 1. The molecule has 2 amide bonds. The fourth-order valence-electron chi connectivity index (χ4n) is 6.63. The number of carbonyl (C=O) groups is 2. The van der Waals surface area contributed by atoms with Crippen LogP contribution in [0.2, 0.25) is 5.02 Å². The molecule has 5 atom stereocenters. The lowest BCUT2D eigenvalue weighted by molar-refractivity contribution is -0.118. The predicted molar refractivity (Wildman–Crippen MR) is 162 cm³/mol. The summed E-state index contributed by atoms with van der Waals surface area (Å²) >= 11 is 6.09. The van der Waals surface area contributed by atoms with Crippen LogP contribution in [0, 0.1) is 17.7 Å². The summed E-state index contributed by atoms with van der Waals surface area (Å²) in [5.74, 6) is -1.87. The van der Waals surface area contributed by atoms with Gasteiger partial charge >= 0.3 is 6.09 Å². The highest BCUT2D eigenvalue weighted by atomic mass is 35.5. The minimum Gasteiger partial charge on any atom is -0.453 e.